The molecule has 0 bridgehead atoms. The predicted molar refractivity (Wildman–Crippen MR) is 38.0 cm³/mol. The highest BCUT2D eigenvalue weighted by molar-refractivity contribution is 7.92. The van der Waals surface area contributed by atoms with Gasteiger partial charge in [-0.25, -0.2) is 15.0 Å². The van der Waals surface area contributed by atoms with E-state index in [2.05, 4.69) is 4.85 Å². The van der Waals surface area contributed by atoms with E-state index in [1.54, 1.807) is 0 Å². The first-order chi connectivity index (χ1) is 4.67. The van der Waals surface area contributed by atoms with Gasteiger partial charge in [-0.2, -0.15) is 0 Å². The van der Waals surface area contributed by atoms with Crippen molar-refractivity contribution in [3.8, 4) is 0 Å². The summed E-state index contributed by atoms with van der Waals surface area (Å²) in [5.74, 6) is 0.208. The molecule has 1 heterocycles. The lowest BCUT2D eigenvalue weighted by molar-refractivity contribution is 0.559. The average molecular weight is 159 g/mol. The van der Waals surface area contributed by atoms with Crippen LogP contribution in [0.4, 0.5) is 0 Å². The molecule has 4 heteroatoms. The Hall–Kier alpha value is -0.560. The summed E-state index contributed by atoms with van der Waals surface area (Å²) >= 11 is 0. The van der Waals surface area contributed by atoms with Gasteiger partial charge >= 0.3 is 5.37 Å². The Labute approximate surface area is 60.8 Å². The Bertz CT molecular complexity index is 249. The fourth-order valence-electron chi connectivity index (χ4n) is 1.08. The largest absolute Gasteiger partial charge is 0.320 e. The predicted octanol–water partition coefficient (Wildman–Crippen LogP) is 0.830. The number of rotatable bonds is 0. The molecule has 1 unspecified atom stereocenters. The molecule has 0 aromatic rings. The molecule has 0 spiro atoms. The first kappa shape index (κ1) is 7.55. The molecule has 0 amide bonds. The third-order valence-electron chi connectivity index (χ3n) is 1.69. The molecule has 1 atom stereocenters. The third-order valence-corrected chi connectivity index (χ3v) is 3.72. The van der Waals surface area contributed by atoms with Gasteiger partial charge in [0.05, 0.1) is 5.75 Å². The second-order valence-electron chi connectivity index (χ2n) is 2.45. The van der Waals surface area contributed by atoms with E-state index in [0.29, 0.717) is 6.42 Å². The quantitative estimate of drug-likeness (QED) is 0.491. The number of hydrogen-bond donors (Lipinski definition) is 0. The van der Waals surface area contributed by atoms with Crippen LogP contribution in [-0.4, -0.2) is 19.5 Å². The minimum Gasteiger partial charge on any atom is -0.297 e. The zero-order chi connectivity index (χ0) is 7.61. The molecule has 1 aliphatic rings. The summed E-state index contributed by atoms with van der Waals surface area (Å²) in [6, 6.07) is 0. The summed E-state index contributed by atoms with van der Waals surface area (Å²) in [7, 11) is -3.03. The van der Waals surface area contributed by atoms with E-state index in [4.69, 9.17) is 6.57 Å². The van der Waals surface area contributed by atoms with Crippen molar-refractivity contribution in [1.82, 2.24) is 0 Å². The van der Waals surface area contributed by atoms with E-state index >= 15 is 0 Å². The molecule has 0 aromatic carbocycles. The molecule has 10 heavy (non-hydrogen) atoms. The van der Waals surface area contributed by atoms with E-state index in [0.717, 1.165) is 12.8 Å². The molecule has 56 valence electrons. The second kappa shape index (κ2) is 2.59. The molecule has 0 aliphatic carbocycles. The molecular formula is C6H9NO2S. The maximum atomic E-state index is 11.0. The van der Waals surface area contributed by atoms with Crippen LogP contribution in [0, 0.1) is 6.57 Å². The zero-order valence-electron chi connectivity index (χ0n) is 5.58. The van der Waals surface area contributed by atoms with Crippen molar-refractivity contribution in [1.29, 1.82) is 0 Å². The first-order valence-electron chi connectivity index (χ1n) is 3.25. The topological polar surface area (TPSA) is 38.5 Å². The molecular weight excluding hydrogens is 150 g/mol. The van der Waals surface area contributed by atoms with Crippen molar-refractivity contribution in [2.75, 3.05) is 5.75 Å². The summed E-state index contributed by atoms with van der Waals surface area (Å²) in [5.41, 5.74) is 0. The highest BCUT2D eigenvalue weighted by Gasteiger charge is 2.33. The highest BCUT2D eigenvalue weighted by Crippen LogP contribution is 2.19. The van der Waals surface area contributed by atoms with Crippen molar-refractivity contribution >= 4 is 9.84 Å². The van der Waals surface area contributed by atoms with Gasteiger partial charge in [0, 0.05) is 6.42 Å². The molecule has 1 fully saturated rings. The van der Waals surface area contributed by atoms with Crippen molar-refractivity contribution in [2.24, 2.45) is 0 Å². The van der Waals surface area contributed by atoms with Crippen LogP contribution in [0.1, 0.15) is 19.3 Å². The van der Waals surface area contributed by atoms with Crippen LogP contribution >= 0.6 is 0 Å². The summed E-state index contributed by atoms with van der Waals surface area (Å²) in [4.78, 5) is 3.06. The Balaban J connectivity index is 2.82. The van der Waals surface area contributed by atoms with Crippen molar-refractivity contribution in [3.63, 3.8) is 0 Å². The summed E-state index contributed by atoms with van der Waals surface area (Å²) in [5, 5.41) is -0.735. The monoisotopic (exact) mass is 159 g/mol. The number of nitrogens with zero attached hydrogens (tertiary/aromatic N) is 1. The molecule has 0 aromatic heterocycles. The molecule has 3 nitrogen and oxygen atoms in total. The lowest BCUT2D eigenvalue weighted by atomic mass is 10.2. The Morgan fingerprint density at radius 1 is 1.40 bits per heavy atom. The first-order valence-corrected chi connectivity index (χ1v) is 4.96. The van der Waals surface area contributed by atoms with Crippen LogP contribution in [0.25, 0.3) is 4.85 Å². The van der Waals surface area contributed by atoms with Crippen LogP contribution in [-0.2, 0) is 9.84 Å². The van der Waals surface area contributed by atoms with E-state index in [9.17, 15) is 8.42 Å². The molecule has 1 saturated heterocycles. The van der Waals surface area contributed by atoms with Crippen LogP contribution < -0.4 is 0 Å². The molecule has 1 rings (SSSR count). The van der Waals surface area contributed by atoms with Crippen molar-refractivity contribution < 1.29 is 8.42 Å². The van der Waals surface area contributed by atoms with E-state index in [-0.39, 0.29) is 5.75 Å². The Morgan fingerprint density at radius 2 is 2.10 bits per heavy atom. The molecule has 1 aliphatic heterocycles. The normalized spacial score (nSPS) is 30.9. The third kappa shape index (κ3) is 1.29. The van der Waals surface area contributed by atoms with Gasteiger partial charge in [0.15, 0.2) is 0 Å². The SMILES string of the molecule is [C-]#[N+]C1CCCCS1(=O)=O. The van der Waals surface area contributed by atoms with Gasteiger partial charge in [-0.15, -0.1) is 0 Å². The Kier molecular flexibility index (Phi) is 1.95. The maximum Gasteiger partial charge on any atom is 0.320 e. The molecule has 0 saturated carbocycles. The average Bonchev–Trinajstić information content (AvgIpc) is 1.87. The van der Waals surface area contributed by atoms with Crippen molar-refractivity contribution in [2.45, 2.75) is 24.6 Å². The molecule has 0 radical (unpaired) electrons. The molecule has 0 N–H and O–H groups in total. The highest BCUT2D eigenvalue weighted by atomic mass is 32.2. The smallest absolute Gasteiger partial charge is 0.297 e. The van der Waals surface area contributed by atoms with Gasteiger partial charge in [-0.3, -0.25) is 4.85 Å². The lowest BCUT2D eigenvalue weighted by Gasteiger charge is -2.11. The standard InChI is InChI=1S/C6H9NO2S/c1-7-6-4-2-3-5-10(6,8)9/h6H,2-5H2. The van der Waals surface area contributed by atoms with Crippen molar-refractivity contribution in [3.05, 3.63) is 11.4 Å². The summed E-state index contributed by atoms with van der Waals surface area (Å²) < 4.78 is 22.0. The van der Waals surface area contributed by atoms with Crippen LogP contribution in [0.2, 0.25) is 0 Å². The van der Waals surface area contributed by atoms with Crippen LogP contribution in [0.3, 0.4) is 0 Å². The van der Waals surface area contributed by atoms with Gasteiger partial charge in [-0.1, -0.05) is 0 Å². The van der Waals surface area contributed by atoms with E-state index in [1.807, 2.05) is 0 Å². The fraction of sp³-hybridized carbons (Fsp3) is 0.833. The Morgan fingerprint density at radius 3 is 2.50 bits per heavy atom. The van der Waals surface area contributed by atoms with Gasteiger partial charge in [-0.05, 0) is 12.8 Å². The van der Waals surface area contributed by atoms with Gasteiger partial charge < -0.3 is 0 Å². The fourth-order valence-corrected chi connectivity index (χ4v) is 2.65. The number of hydrogen-bond acceptors (Lipinski definition) is 2. The van der Waals surface area contributed by atoms with E-state index in [1.165, 1.54) is 0 Å². The lowest BCUT2D eigenvalue weighted by Crippen LogP contribution is -2.25. The van der Waals surface area contributed by atoms with Gasteiger partial charge in [0.2, 0.25) is 9.84 Å². The summed E-state index contributed by atoms with van der Waals surface area (Å²) in [6.45, 7) is 6.60. The zero-order valence-corrected chi connectivity index (χ0v) is 6.39. The number of sulfone groups is 1. The second-order valence-corrected chi connectivity index (χ2v) is 4.72. The van der Waals surface area contributed by atoms with Gasteiger partial charge in [0.1, 0.15) is 0 Å². The minimum absolute atomic E-state index is 0.208. The summed E-state index contributed by atoms with van der Waals surface area (Å²) in [6.07, 6.45) is 2.15. The van der Waals surface area contributed by atoms with E-state index < -0.39 is 15.2 Å². The van der Waals surface area contributed by atoms with Gasteiger partial charge in [0.25, 0.3) is 0 Å². The van der Waals surface area contributed by atoms with Crippen LogP contribution in [0.15, 0.2) is 0 Å². The minimum atomic E-state index is -3.03. The maximum absolute atomic E-state index is 11.0. The van der Waals surface area contributed by atoms with Crippen LogP contribution in [0.5, 0.6) is 0 Å².